The summed E-state index contributed by atoms with van der Waals surface area (Å²) < 4.78 is 6.30. The summed E-state index contributed by atoms with van der Waals surface area (Å²) in [5, 5.41) is 0. The summed E-state index contributed by atoms with van der Waals surface area (Å²) in [7, 11) is 3.38. The molecule has 6 nitrogen and oxygen atoms in total. The molecule has 0 unspecified atom stereocenters. The van der Waals surface area contributed by atoms with E-state index in [1.165, 1.54) is 4.90 Å². The van der Waals surface area contributed by atoms with Crippen molar-refractivity contribution in [2.24, 2.45) is 0 Å². The predicted octanol–water partition coefficient (Wildman–Crippen LogP) is 2.90. The third-order valence-corrected chi connectivity index (χ3v) is 3.85. The van der Waals surface area contributed by atoms with Crippen LogP contribution in [0.15, 0.2) is 22.7 Å². The van der Waals surface area contributed by atoms with Gasteiger partial charge in [-0.2, -0.15) is 0 Å². The minimum Gasteiger partial charge on any atom is -0.493 e. The Morgan fingerprint density at radius 2 is 2.04 bits per heavy atom. The van der Waals surface area contributed by atoms with Gasteiger partial charge in [-0.25, -0.2) is 9.97 Å². The Morgan fingerprint density at radius 3 is 2.61 bits per heavy atom. The van der Waals surface area contributed by atoms with E-state index < -0.39 is 0 Å². The normalized spacial score (nSPS) is 10.5. The van der Waals surface area contributed by atoms with Crippen LogP contribution in [0.25, 0.3) is 11.3 Å². The summed E-state index contributed by atoms with van der Waals surface area (Å²) in [5.41, 5.74) is 8.05. The molecule has 122 valence electrons. The van der Waals surface area contributed by atoms with Crippen molar-refractivity contribution in [2.75, 3.05) is 26.4 Å². The number of benzene rings is 1. The number of hydrogen-bond acceptors (Lipinski definition) is 5. The highest BCUT2D eigenvalue weighted by Crippen LogP contribution is 2.32. The Hall–Kier alpha value is -2.15. The van der Waals surface area contributed by atoms with Crippen molar-refractivity contribution in [2.45, 2.75) is 13.8 Å². The lowest BCUT2D eigenvalue weighted by atomic mass is 10.0. The lowest BCUT2D eigenvalue weighted by molar-refractivity contribution is 0.0827. The van der Waals surface area contributed by atoms with E-state index in [0.717, 1.165) is 15.8 Å². The lowest BCUT2D eigenvalue weighted by Crippen LogP contribution is -2.24. The first-order valence-electron chi connectivity index (χ1n) is 7.13. The molecule has 0 saturated carbocycles. The van der Waals surface area contributed by atoms with E-state index in [4.69, 9.17) is 10.5 Å². The van der Waals surface area contributed by atoms with Gasteiger partial charge in [0.05, 0.1) is 28.0 Å². The van der Waals surface area contributed by atoms with Crippen molar-refractivity contribution in [1.82, 2.24) is 14.9 Å². The number of ether oxygens (including phenoxy) is 1. The van der Waals surface area contributed by atoms with E-state index in [1.54, 1.807) is 21.0 Å². The largest absolute Gasteiger partial charge is 0.493 e. The molecule has 1 aromatic carbocycles. The van der Waals surface area contributed by atoms with E-state index in [-0.39, 0.29) is 11.9 Å². The van der Waals surface area contributed by atoms with Gasteiger partial charge in [0.2, 0.25) is 5.95 Å². The molecule has 2 N–H and O–H groups in total. The van der Waals surface area contributed by atoms with Crippen LogP contribution >= 0.6 is 15.9 Å². The number of aryl methyl sites for hydroxylation is 1. The van der Waals surface area contributed by atoms with Crippen LogP contribution < -0.4 is 10.5 Å². The number of anilines is 1. The maximum atomic E-state index is 12.5. The highest BCUT2D eigenvalue weighted by atomic mass is 79.9. The Labute approximate surface area is 143 Å². The van der Waals surface area contributed by atoms with Crippen molar-refractivity contribution in [1.29, 1.82) is 0 Å². The van der Waals surface area contributed by atoms with Gasteiger partial charge in [-0.3, -0.25) is 4.79 Å². The SMILES string of the molecule is CCOc1ccc(-c2nc(N)nc(C)c2C(=O)N(C)C)cc1Br. The second kappa shape index (κ2) is 6.95. The minimum absolute atomic E-state index is 0.137. The number of hydrogen-bond donors (Lipinski definition) is 1. The predicted molar refractivity (Wildman–Crippen MR) is 93.5 cm³/mol. The first kappa shape index (κ1) is 17.2. The number of carbonyl (C=O) groups excluding carboxylic acids is 1. The number of halogens is 1. The van der Waals surface area contributed by atoms with Crippen molar-refractivity contribution < 1.29 is 9.53 Å². The fourth-order valence-corrected chi connectivity index (χ4v) is 2.70. The van der Waals surface area contributed by atoms with Gasteiger partial charge in [-0.1, -0.05) is 0 Å². The lowest BCUT2D eigenvalue weighted by Gasteiger charge is -2.16. The number of nitrogen functional groups attached to an aromatic ring is 1. The Balaban J connectivity index is 2.63. The molecule has 2 aromatic rings. The highest BCUT2D eigenvalue weighted by Gasteiger charge is 2.21. The summed E-state index contributed by atoms with van der Waals surface area (Å²) in [6.07, 6.45) is 0. The number of aromatic nitrogens is 2. The van der Waals surface area contributed by atoms with E-state index in [1.807, 2.05) is 25.1 Å². The molecule has 0 spiro atoms. The van der Waals surface area contributed by atoms with Gasteiger partial charge in [-0.05, 0) is 48.0 Å². The summed E-state index contributed by atoms with van der Waals surface area (Å²) in [5.74, 6) is 0.704. The van der Waals surface area contributed by atoms with Crippen molar-refractivity contribution in [3.8, 4) is 17.0 Å². The number of rotatable bonds is 4. The molecule has 23 heavy (non-hydrogen) atoms. The number of nitrogens with zero attached hydrogens (tertiary/aromatic N) is 3. The monoisotopic (exact) mass is 378 g/mol. The summed E-state index contributed by atoms with van der Waals surface area (Å²) in [6, 6.07) is 5.54. The average Bonchev–Trinajstić information content (AvgIpc) is 2.48. The van der Waals surface area contributed by atoms with Crippen LogP contribution in [0, 0.1) is 6.92 Å². The van der Waals surface area contributed by atoms with Crippen LogP contribution in [0.4, 0.5) is 5.95 Å². The van der Waals surface area contributed by atoms with E-state index in [9.17, 15) is 4.79 Å². The first-order chi connectivity index (χ1) is 10.8. The summed E-state index contributed by atoms with van der Waals surface area (Å²) in [6.45, 7) is 4.24. The molecule has 7 heteroatoms. The zero-order valence-corrected chi connectivity index (χ0v) is 15.1. The van der Waals surface area contributed by atoms with Crippen LogP contribution in [-0.4, -0.2) is 41.5 Å². The molecule has 0 bridgehead atoms. The average molecular weight is 379 g/mol. The summed E-state index contributed by atoms with van der Waals surface area (Å²) in [4.78, 5) is 22.4. The topological polar surface area (TPSA) is 81.3 Å². The third-order valence-electron chi connectivity index (χ3n) is 3.23. The van der Waals surface area contributed by atoms with E-state index >= 15 is 0 Å². The van der Waals surface area contributed by atoms with Gasteiger partial charge in [-0.15, -0.1) is 0 Å². The van der Waals surface area contributed by atoms with Crippen LogP contribution in [0.5, 0.6) is 5.75 Å². The zero-order chi connectivity index (χ0) is 17.1. The molecule has 0 atom stereocenters. The molecule has 1 heterocycles. The van der Waals surface area contributed by atoms with Crippen molar-refractivity contribution in [3.05, 3.63) is 33.9 Å². The summed E-state index contributed by atoms with van der Waals surface area (Å²) >= 11 is 3.48. The Bertz CT molecular complexity index is 747. The molecular formula is C16H19BrN4O2. The number of amides is 1. The highest BCUT2D eigenvalue weighted by molar-refractivity contribution is 9.10. The van der Waals surface area contributed by atoms with Gasteiger partial charge in [0, 0.05) is 19.7 Å². The van der Waals surface area contributed by atoms with Crippen LogP contribution in [0.2, 0.25) is 0 Å². The smallest absolute Gasteiger partial charge is 0.257 e. The standard InChI is InChI=1S/C16H19BrN4O2/c1-5-23-12-7-6-10(8-11(12)17)14-13(15(22)21(3)4)9(2)19-16(18)20-14/h6-8H,5H2,1-4H3,(H2,18,19,20). The zero-order valence-electron chi connectivity index (χ0n) is 13.6. The van der Waals surface area contributed by atoms with E-state index in [0.29, 0.717) is 23.6 Å². The second-order valence-electron chi connectivity index (χ2n) is 5.17. The Morgan fingerprint density at radius 1 is 1.35 bits per heavy atom. The van der Waals surface area contributed by atoms with Gasteiger partial charge in [0.1, 0.15) is 5.75 Å². The maximum Gasteiger partial charge on any atom is 0.257 e. The van der Waals surface area contributed by atoms with Crippen LogP contribution in [0.3, 0.4) is 0 Å². The molecule has 0 radical (unpaired) electrons. The van der Waals surface area contributed by atoms with Gasteiger partial charge < -0.3 is 15.4 Å². The number of nitrogens with two attached hydrogens (primary N) is 1. The molecule has 0 aliphatic carbocycles. The van der Waals surface area contributed by atoms with Gasteiger partial charge >= 0.3 is 0 Å². The van der Waals surface area contributed by atoms with Crippen LogP contribution in [-0.2, 0) is 0 Å². The van der Waals surface area contributed by atoms with Crippen molar-refractivity contribution in [3.63, 3.8) is 0 Å². The molecule has 1 aromatic heterocycles. The molecule has 0 aliphatic heterocycles. The second-order valence-corrected chi connectivity index (χ2v) is 6.02. The van der Waals surface area contributed by atoms with E-state index in [2.05, 4.69) is 25.9 Å². The third kappa shape index (κ3) is 3.61. The number of carbonyl (C=O) groups is 1. The molecule has 2 rings (SSSR count). The molecular weight excluding hydrogens is 360 g/mol. The van der Waals surface area contributed by atoms with Crippen LogP contribution in [0.1, 0.15) is 23.0 Å². The van der Waals surface area contributed by atoms with Gasteiger partial charge in [0.15, 0.2) is 0 Å². The molecule has 1 amide bonds. The minimum atomic E-state index is -0.164. The fraction of sp³-hybridized carbons (Fsp3) is 0.312. The Kier molecular flexibility index (Phi) is 5.20. The van der Waals surface area contributed by atoms with Crippen molar-refractivity contribution >= 4 is 27.8 Å². The molecule has 0 aliphatic rings. The quantitative estimate of drug-likeness (QED) is 0.884. The maximum absolute atomic E-state index is 12.5. The fourth-order valence-electron chi connectivity index (χ4n) is 2.20. The molecule has 0 fully saturated rings. The molecule has 0 saturated heterocycles. The van der Waals surface area contributed by atoms with Gasteiger partial charge in [0.25, 0.3) is 5.91 Å². The first-order valence-corrected chi connectivity index (χ1v) is 7.93.